The fourth-order valence-corrected chi connectivity index (χ4v) is 5.36. The molecule has 0 bridgehead atoms. The molecule has 12 nitrogen and oxygen atoms in total. The lowest BCUT2D eigenvalue weighted by Gasteiger charge is -2.44. The summed E-state index contributed by atoms with van der Waals surface area (Å²) in [6.07, 6.45) is -5.41. The molecule has 2 amide bonds. The van der Waals surface area contributed by atoms with Gasteiger partial charge in [-0.25, -0.2) is 4.79 Å². The number of esters is 3. The van der Waals surface area contributed by atoms with Gasteiger partial charge in [-0.05, 0) is 45.0 Å². The second-order valence-corrected chi connectivity index (χ2v) is 11.8. The molecule has 1 saturated heterocycles. The van der Waals surface area contributed by atoms with Crippen LogP contribution in [0.15, 0.2) is 59.5 Å². The zero-order valence-corrected chi connectivity index (χ0v) is 25.6. The molecule has 0 spiro atoms. The Morgan fingerprint density at radius 2 is 1.35 bits per heavy atom. The maximum Gasteiger partial charge on any atom is 0.412 e. The third-order valence-electron chi connectivity index (χ3n) is 5.76. The van der Waals surface area contributed by atoms with E-state index in [1.165, 1.54) is 38.6 Å². The molecular weight excluding hydrogens is 580 g/mol. The molecule has 0 aliphatic carbocycles. The molecule has 5 atom stereocenters. The quantitative estimate of drug-likeness (QED) is 0.309. The zero-order valence-electron chi connectivity index (χ0n) is 24.8. The summed E-state index contributed by atoms with van der Waals surface area (Å²) in [6, 6.07) is 15.4. The molecule has 232 valence electrons. The maximum atomic E-state index is 13.3. The van der Waals surface area contributed by atoms with Crippen LogP contribution in [0.5, 0.6) is 0 Å². The first kappa shape index (κ1) is 33.4. The number of carbonyl (C=O) groups is 5. The molecule has 43 heavy (non-hydrogen) atoms. The van der Waals surface area contributed by atoms with Crippen LogP contribution in [0.4, 0.5) is 10.5 Å². The van der Waals surface area contributed by atoms with Crippen molar-refractivity contribution >= 4 is 47.4 Å². The van der Waals surface area contributed by atoms with Crippen molar-refractivity contribution in [2.45, 2.75) is 81.9 Å². The molecule has 1 heterocycles. The SMILES string of the molecule is CC(=O)O[C@@H]1[C@@H](OC(C)=O)[C@H](Sc2ccccc2)O[C@H](CNC(=O)c2ccccc2NC(=O)OC(C)(C)C)[C@H]1OC(C)=O. The molecular formula is C30H36N2O10S. The number of thioether (sulfide) groups is 1. The van der Waals surface area contributed by atoms with E-state index in [1.54, 1.807) is 39.0 Å². The van der Waals surface area contributed by atoms with Crippen LogP contribution < -0.4 is 10.6 Å². The Labute approximate surface area is 254 Å². The predicted molar refractivity (Wildman–Crippen MR) is 156 cm³/mol. The largest absolute Gasteiger partial charge is 0.456 e. The van der Waals surface area contributed by atoms with E-state index in [1.807, 2.05) is 30.3 Å². The predicted octanol–water partition coefficient (Wildman–Crippen LogP) is 4.08. The standard InChI is InChI=1S/C30H36N2O10S/c1-17(33)38-24-23(16-31-27(36)21-14-10-11-15-22(21)32-29(37)42-30(4,5)6)41-28(43-20-12-8-7-9-13-20)26(40-19(3)35)25(24)39-18(2)34/h7-15,23-26,28H,16H2,1-6H3,(H,31,36)(H,32,37)/t23-,24-,25+,26-,28+/m1/s1. The summed E-state index contributed by atoms with van der Waals surface area (Å²) < 4.78 is 28.2. The van der Waals surface area contributed by atoms with Crippen LogP contribution in [0.2, 0.25) is 0 Å². The van der Waals surface area contributed by atoms with Crippen molar-refractivity contribution < 1.29 is 47.7 Å². The Hall–Kier alpha value is -4.10. The molecule has 3 rings (SSSR count). The Bertz CT molecular complexity index is 1310. The van der Waals surface area contributed by atoms with Crippen LogP contribution in [0.3, 0.4) is 0 Å². The lowest BCUT2D eigenvalue weighted by atomic mass is 9.98. The molecule has 0 aromatic heterocycles. The van der Waals surface area contributed by atoms with Crippen LogP contribution in [-0.4, -0.2) is 71.9 Å². The van der Waals surface area contributed by atoms with Crippen molar-refractivity contribution in [3.63, 3.8) is 0 Å². The van der Waals surface area contributed by atoms with Gasteiger partial charge in [-0.3, -0.25) is 24.5 Å². The van der Waals surface area contributed by atoms with Gasteiger partial charge in [-0.15, -0.1) is 0 Å². The molecule has 1 fully saturated rings. The van der Waals surface area contributed by atoms with E-state index in [4.69, 9.17) is 23.7 Å². The van der Waals surface area contributed by atoms with Crippen molar-refractivity contribution in [3.8, 4) is 0 Å². The molecule has 2 N–H and O–H groups in total. The highest BCUT2D eigenvalue weighted by molar-refractivity contribution is 7.99. The van der Waals surface area contributed by atoms with E-state index in [-0.39, 0.29) is 17.8 Å². The van der Waals surface area contributed by atoms with Crippen molar-refractivity contribution in [1.82, 2.24) is 5.32 Å². The highest BCUT2D eigenvalue weighted by Gasteiger charge is 2.52. The number of amides is 2. The van der Waals surface area contributed by atoms with E-state index < -0.39 is 65.4 Å². The highest BCUT2D eigenvalue weighted by Crippen LogP contribution is 2.37. The van der Waals surface area contributed by atoms with Crippen LogP contribution in [-0.2, 0) is 38.1 Å². The molecule has 0 unspecified atom stereocenters. The fourth-order valence-electron chi connectivity index (χ4n) is 4.24. The molecule has 1 aliphatic heterocycles. The summed E-state index contributed by atoms with van der Waals surface area (Å²) in [5.74, 6) is -2.64. The lowest BCUT2D eigenvalue weighted by molar-refractivity contribution is -0.230. The molecule has 0 saturated carbocycles. The molecule has 13 heteroatoms. The lowest BCUT2D eigenvalue weighted by Crippen LogP contribution is -2.62. The van der Waals surface area contributed by atoms with E-state index in [0.717, 1.165) is 4.90 Å². The van der Waals surface area contributed by atoms with E-state index in [0.29, 0.717) is 0 Å². The summed E-state index contributed by atoms with van der Waals surface area (Å²) in [5.41, 5.74) is -1.31. The number of benzene rings is 2. The van der Waals surface area contributed by atoms with Gasteiger partial charge in [0.05, 0.1) is 11.3 Å². The van der Waals surface area contributed by atoms with Crippen LogP contribution in [0.1, 0.15) is 51.9 Å². The second-order valence-electron chi connectivity index (χ2n) is 10.6. The third-order valence-corrected chi connectivity index (χ3v) is 6.92. The van der Waals surface area contributed by atoms with Crippen molar-refractivity contribution in [2.24, 2.45) is 0 Å². The van der Waals surface area contributed by atoms with Gasteiger partial charge >= 0.3 is 24.0 Å². The molecule has 1 aliphatic rings. The van der Waals surface area contributed by atoms with Crippen molar-refractivity contribution in [1.29, 1.82) is 0 Å². The monoisotopic (exact) mass is 616 g/mol. The van der Waals surface area contributed by atoms with Gasteiger partial charge < -0.3 is 29.0 Å². The summed E-state index contributed by atoms with van der Waals surface area (Å²) in [4.78, 5) is 62.8. The van der Waals surface area contributed by atoms with Crippen molar-refractivity contribution in [2.75, 3.05) is 11.9 Å². The molecule has 0 radical (unpaired) electrons. The van der Waals surface area contributed by atoms with E-state index in [2.05, 4.69) is 10.6 Å². The van der Waals surface area contributed by atoms with Gasteiger partial charge in [0.1, 0.15) is 17.1 Å². The molecule has 2 aromatic rings. The Morgan fingerprint density at radius 1 is 0.791 bits per heavy atom. The summed E-state index contributed by atoms with van der Waals surface area (Å²) in [7, 11) is 0. The average Bonchev–Trinajstić information content (AvgIpc) is 2.90. The number of hydrogen-bond acceptors (Lipinski definition) is 11. The van der Waals surface area contributed by atoms with Gasteiger partial charge in [0.15, 0.2) is 18.3 Å². The Kier molecular flexibility index (Phi) is 11.6. The minimum absolute atomic E-state index is 0.137. The minimum atomic E-state index is -1.25. The second kappa shape index (κ2) is 14.9. The maximum absolute atomic E-state index is 13.3. The number of ether oxygens (including phenoxy) is 5. The topological polar surface area (TPSA) is 156 Å². The summed E-state index contributed by atoms with van der Waals surface area (Å²) in [5, 5.41) is 5.32. The first-order chi connectivity index (χ1) is 20.2. The van der Waals surface area contributed by atoms with Crippen LogP contribution >= 0.6 is 11.8 Å². The summed E-state index contributed by atoms with van der Waals surface area (Å²) in [6.45, 7) is 8.49. The average molecular weight is 617 g/mol. The van der Waals surface area contributed by atoms with E-state index >= 15 is 0 Å². The number of carbonyl (C=O) groups excluding carboxylic acids is 5. The normalized spacial score (nSPS) is 21.6. The Morgan fingerprint density at radius 3 is 1.95 bits per heavy atom. The summed E-state index contributed by atoms with van der Waals surface area (Å²) >= 11 is 1.21. The van der Waals surface area contributed by atoms with Gasteiger partial charge in [-0.1, -0.05) is 42.1 Å². The number of hydrogen-bond donors (Lipinski definition) is 2. The number of anilines is 1. The smallest absolute Gasteiger partial charge is 0.412 e. The van der Waals surface area contributed by atoms with Crippen LogP contribution in [0, 0.1) is 0 Å². The highest BCUT2D eigenvalue weighted by atomic mass is 32.2. The number of para-hydroxylation sites is 1. The van der Waals surface area contributed by atoms with Crippen LogP contribution in [0.25, 0.3) is 0 Å². The number of nitrogens with one attached hydrogen (secondary N) is 2. The van der Waals surface area contributed by atoms with Gasteiger partial charge in [0.25, 0.3) is 5.91 Å². The zero-order chi connectivity index (χ0) is 31.7. The van der Waals surface area contributed by atoms with Gasteiger partial charge in [-0.2, -0.15) is 0 Å². The first-order valence-corrected chi connectivity index (χ1v) is 14.4. The minimum Gasteiger partial charge on any atom is -0.456 e. The molecule has 2 aromatic carbocycles. The van der Waals surface area contributed by atoms with Gasteiger partial charge in [0.2, 0.25) is 0 Å². The number of rotatable bonds is 9. The van der Waals surface area contributed by atoms with Gasteiger partial charge in [0, 0.05) is 32.2 Å². The van der Waals surface area contributed by atoms with E-state index in [9.17, 15) is 24.0 Å². The third kappa shape index (κ3) is 10.3. The fraction of sp³-hybridized carbons (Fsp3) is 0.433. The first-order valence-electron chi connectivity index (χ1n) is 13.5. The Balaban J connectivity index is 1.89. The van der Waals surface area contributed by atoms with Crippen molar-refractivity contribution in [3.05, 3.63) is 60.2 Å².